The first-order valence-corrected chi connectivity index (χ1v) is 8.03. The summed E-state index contributed by atoms with van der Waals surface area (Å²) in [5.74, 6) is -0.368. The number of nitrogens with zero attached hydrogens (tertiary/aromatic N) is 3. The van der Waals surface area contributed by atoms with Crippen LogP contribution in [0.2, 0.25) is 0 Å². The molecule has 1 aromatic carbocycles. The Labute approximate surface area is 133 Å². The number of carbonyl (C=O) groups is 1. The maximum absolute atomic E-state index is 12.2. The van der Waals surface area contributed by atoms with Gasteiger partial charge in [-0.1, -0.05) is 6.07 Å². The van der Waals surface area contributed by atoms with Crippen LogP contribution in [0, 0.1) is 0 Å². The van der Waals surface area contributed by atoms with E-state index in [4.69, 9.17) is 5.14 Å². The topological polar surface area (TPSA) is 118 Å². The number of hydrogen-bond acceptors (Lipinski definition) is 6. The fourth-order valence-electron chi connectivity index (χ4n) is 1.83. The molecule has 0 fully saturated rings. The Morgan fingerprint density at radius 2 is 2.00 bits per heavy atom. The number of pyridine rings is 1. The highest BCUT2D eigenvalue weighted by molar-refractivity contribution is 7.89. The van der Waals surface area contributed by atoms with Gasteiger partial charge in [-0.2, -0.15) is 10.1 Å². The predicted octanol–water partition coefficient (Wildman–Crippen LogP) is 0.790. The lowest BCUT2D eigenvalue weighted by molar-refractivity contribution is -0.117. The van der Waals surface area contributed by atoms with E-state index >= 15 is 0 Å². The molecule has 0 bridgehead atoms. The number of nitrogens with one attached hydrogen (secondary N) is 1. The average molecular weight is 333 g/mol. The Hall–Kier alpha value is -2.78. The molecule has 0 saturated carbocycles. The molecule has 2 rings (SSSR count). The molecule has 0 unspecified atom stereocenters. The Bertz CT molecular complexity index is 808. The molecule has 1 aromatic heterocycles. The molecule has 8 nitrogen and oxygen atoms in total. The number of nitrogens with two attached hydrogens (primary N) is 1. The Morgan fingerprint density at radius 3 is 2.61 bits per heavy atom. The van der Waals surface area contributed by atoms with E-state index in [0.29, 0.717) is 11.4 Å². The van der Waals surface area contributed by atoms with Crippen LogP contribution in [-0.2, 0) is 14.8 Å². The first-order chi connectivity index (χ1) is 10.9. The van der Waals surface area contributed by atoms with Gasteiger partial charge < -0.3 is 5.32 Å². The molecule has 0 aliphatic carbocycles. The minimum atomic E-state index is -3.80. The van der Waals surface area contributed by atoms with Gasteiger partial charge in [-0.05, 0) is 30.3 Å². The molecule has 23 heavy (non-hydrogen) atoms. The summed E-state index contributed by atoms with van der Waals surface area (Å²) < 4.78 is 22.6. The lowest BCUT2D eigenvalue weighted by Crippen LogP contribution is -2.31. The number of anilines is 2. The molecule has 0 spiro atoms. The smallest absolute Gasteiger partial charge is 0.266 e. The van der Waals surface area contributed by atoms with Crippen LogP contribution in [0.3, 0.4) is 0 Å². The molecule has 9 heteroatoms. The van der Waals surface area contributed by atoms with E-state index in [2.05, 4.69) is 22.1 Å². The Morgan fingerprint density at radius 1 is 1.30 bits per heavy atom. The molecule has 1 amide bonds. The highest BCUT2D eigenvalue weighted by Gasteiger charge is 2.14. The largest absolute Gasteiger partial charge is 0.376 e. The number of hydrogen-bond donors (Lipinski definition) is 2. The van der Waals surface area contributed by atoms with Crippen molar-refractivity contribution in [3.8, 4) is 0 Å². The van der Waals surface area contributed by atoms with Crippen molar-refractivity contribution in [2.24, 2.45) is 10.2 Å². The van der Waals surface area contributed by atoms with E-state index in [1.54, 1.807) is 18.2 Å². The molecular weight excluding hydrogens is 318 g/mol. The zero-order valence-corrected chi connectivity index (χ0v) is 12.9. The summed E-state index contributed by atoms with van der Waals surface area (Å²) in [6, 6.07) is 9.11. The van der Waals surface area contributed by atoms with Gasteiger partial charge in [0, 0.05) is 24.8 Å². The molecule has 0 aliphatic rings. The fourth-order valence-corrected chi connectivity index (χ4v) is 2.38. The van der Waals surface area contributed by atoms with Gasteiger partial charge >= 0.3 is 0 Å². The van der Waals surface area contributed by atoms with Crippen molar-refractivity contribution in [3.63, 3.8) is 0 Å². The van der Waals surface area contributed by atoms with Gasteiger partial charge in [-0.3, -0.25) is 9.78 Å². The number of benzene rings is 1. The molecule has 1 heterocycles. The van der Waals surface area contributed by atoms with Crippen LogP contribution in [0.15, 0.2) is 58.8 Å². The second-order valence-electron chi connectivity index (χ2n) is 4.48. The molecule has 120 valence electrons. The number of primary sulfonamides is 1. The SMILES string of the molecule is C=NN(C(=O)CNc1cccc(S(N)(=O)=O)c1)c1ccncc1. The van der Waals surface area contributed by atoms with Gasteiger partial charge in [-0.15, -0.1) is 0 Å². The van der Waals surface area contributed by atoms with Crippen LogP contribution in [0.4, 0.5) is 11.4 Å². The summed E-state index contributed by atoms with van der Waals surface area (Å²) in [7, 11) is -3.80. The third kappa shape index (κ3) is 4.34. The van der Waals surface area contributed by atoms with E-state index in [1.165, 1.54) is 30.6 Å². The van der Waals surface area contributed by atoms with Gasteiger partial charge in [-0.25, -0.2) is 13.6 Å². The fraction of sp³-hybridized carbons (Fsp3) is 0.0714. The van der Waals surface area contributed by atoms with E-state index < -0.39 is 10.0 Å². The monoisotopic (exact) mass is 333 g/mol. The van der Waals surface area contributed by atoms with Crippen LogP contribution in [0.5, 0.6) is 0 Å². The average Bonchev–Trinajstić information content (AvgIpc) is 2.54. The lowest BCUT2D eigenvalue weighted by Gasteiger charge is -2.17. The van der Waals surface area contributed by atoms with Crippen LogP contribution in [-0.4, -0.2) is 32.6 Å². The number of hydrazone groups is 1. The summed E-state index contributed by atoms with van der Waals surface area (Å²) in [5, 5.41) is 12.7. The van der Waals surface area contributed by atoms with E-state index in [1.807, 2.05) is 0 Å². The number of rotatable bonds is 6. The van der Waals surface area contributed by atoms with Gasteiger partial charge in [0.15, 0.2) is 0 Å². The van der Waals surface area contributed by atoms with Crippen LogP contribution in [0.1, 0.15) is 0 Å². The number of aromatic nitrogens is 1. The zero-order valence-electron chi connectivity index (χ0n) is 12.1. The van der Waals surface area contributed by atoms with E-state index in [-0.39, 0.29) is 17.3 Å². The minimum Gasteiger partial charge on any atom is -0.376 e. The maximum atomic E-state index is 12.2. The molecular formula is C14H15N5O3S. The van der Waals surface area contributed by atoms with Crippen molar-refractivity contribution in [1.82, 2.24) is 4.98 Å². The highest BCUT2D eigenvalue weighted by atomic mass is 32.2. The summed E-state index contributed by atoms with van der Waals surface area (Å²) in [5.41, 5.74) is 0.976. The number of carbonyl (C=O) groups excluding carboxylic acids is 1. The van der Waals surface area contributed by atoms with Crippen LogP contribution >= 0.6 is 0 Å². The van der Waals surface area contributed by atoms with Crippen molar-refractivity contribution in [2.45, 2.75) is 4.90 Å². The molecule has 0 atom stereocenters. The second kappa shape index (κ2) is 6.99. The van der Waals surface area contributed by atoms with Gasteiger partial charge in [0.25, 0.3) is 5.91 Å². The first-order valence-electron chi connectivity index (χ1n) is 6.48. The third-order valence-electron chi connectivity index (χ3n) is 2.89. The van der Waals surface area contributed by atoms with Crippen LogP contribution < -0.4 is 15.5 Å². The van der Waals surface area contributed by atoms with Gasteiger partial charge in [0.05, 0.1) is 17.1 Å². The predicted molar refractivity (Wildman–Crippen MR) is 87.6 cm³/mol. The summed E-state index contributed by atoms with van der Waals surface area (Å²) in [4.78, 5) is 16.0. The Kier molecular flexibility index (Phi) is 5.04. The zero-order chi connectivity index (χ0) is 16.9. The van der Waals surface area contributed by atoms with Crippen molar-refractivity contribution in [2.75, 3.05) is 16.9 Å². The molecule has 0 radical (unpaired) electrons. The number of amides is 1. The summed E-state index contributed by atoms with van der Waals surface area (Å²) in [6.07, 6.45) is 3.06. The van der Waals surface area contributed by atoms with Crippen molar-refractivity contribution >= 4 is 34.0 Å². The number of sulfonamides is 1. The van der Waals surface area contributed by atoms with E-state index in [9.17, 15) is 13.2 Å². The van der Waals surface area contributed by atoms with Crippen molar-refractivity contribution in [1.29, 1.82) is 0 Å². The van der Waals surface area contributed by atoms with Crippen LogP contribution in [0.25, 0.3) is 0 Å². The van der Waals surface area contributed by atoms with E-state index in [0.717, 1.165) is 5.01 Å². The van der Waals surface area contributed by atoms with Gasteiger partial charge in [0.2, 0.25) is 10.0 Å². The molecule has 3 N–H and O–H groups in total. The minimum absolute atomic E-state index is 0.0391. The Balaban J connectivity index is 2.08. The van der Waals surface area contributed by atoms with Crippen molar-refractivity contribution < 1.29 is 13.2 Å². The normalized spacial score (nSPS) is 10.8. The second-order valence-corrected chi connectivity index (χ2v) is 6.04. The van der Waals surface area contributed by atoms with Gasteiger partial charge in [0.1, 0.15) is 0 Å². The molecule has 2 aromatic rings. The highest BCUT2D eigenvalue weighted by Crippen LogP contribution is 2.15. The lowest BCUT2D eigenvalue weighted by atomic mass is 10.3. The van der Waals surface area contributed by atoms with Crippen molar-refractivity contribution in [3.05, 3.63) is 48.8 Å². The summed E-state index contributed by atoms with van der Waals surface area (Å²) in [6.45, 7) is 3.27. The molecule has 0 saturated heterocycles. The maximum Gasteiger partial charge on any atom is 0.266 e. The first kappa shape index (κ1) is 16.6. The third-order valence-corrected chi connectivity index (χ3v) is 3.80. The summed E-state index contributed by atoms with van der Waals surface area (Å²) >= 11 is 0. The quantitative estimate of drug-likeness (QED) is 0.598. The molecule has 0 aliphatic heterocycles. The standard InChI is InChI=1S/C14H15N5O3S/c1-16-19(12-5-7-17-8-6-12)14(20)10-18-11-3-2-4-13(9-11)23(15,21)22/h2-9,18H,1,10H2,(H2,15,21,22).